The summed E-state index contributed by atoms with van der Waals surface area (Å²) in [4.78, 5) is 0. The van der Waals surface area contributed by atoms with Crippen molar-refractivity contribution < 1.29 is 13.6 Å². The van der Waals surface area contributed by atoms with Crippen molar-refractivity contribution in [3.05, 3.63) is 0 Å². The molecule has 8 heteroatoms. The molecule has 0 atom stereocenters. The molecular formula is C10H22BCl3O3P. The molecule has 0 saturated carbocycles. The predicted molar refractivity (Wildman–Crippen MR) is 82.7 cm³/mol. The Morgan fingerprint density at radius 2 is 1.06 bits per heavy atom. The second-order valence-electron chi connectivity index (χ2n) is 4.71. The SMILES string of the molecule is CC(C)O[P+](OC(C)C)(OC(C)C)[B-](Cl)C(Cl)Cl. The standard InChI is InChI=1S/C10H22BCl3O3P/c1-7(2)15-18(16-8(3)4,17-9(5)6)11(14)10(12)13/h7-10H,1-6H3. The highest BCUT2D eigenvalue weighted by atomic mass is 35.5. The van der Waals surface area contributed by atoms with Gasteiger partial charge in [-0.2, -0.15) is 0 Å². The van der Waals surface area contributed by atoms with Gasteiger partial charge < -0.3 is 11.5 Å². The number of rotatable bonds is 8. The number of hydrogen-bond acceptors (Lipinski definition) is 3. The fourth-order valence-electron chi connectivity index (χ4n) is 1.27. The van der Waals surface area contributed by atoms with E-state index in [1.165, 1.54) is 0 Å². The topological polar surface area (TPSA) is 27.7 Å². The summed E-state index contributed by atoms with van der Waals surface area (Å²) < 4.78 is 16.7. The first kappa shape index (κ1) is 19.2. The third-order valence-corrected chi connectivity index (χ3v) is 6.71. The molecule has 109 valence electrons. The van der Waals surface area contributed by atoms with Gasteiger partial charge in [-0.15, -0.1) is 23.2 Å². The zero-order valence-electron chi connectivity index (χ0n) is 11.7. The maximum absolute atomic E-state index is 6.28. The van der Waals surface area contributed by atoms with Crippen molar-refractivity contribution in [1.29, 1.82) is 0 Å². The zero-order valence-corrected chi connectivity index (χ0v) is 14.9. The molecule has 3 nitrogen and oxygen atoms in total. The Balaban J connectivity index is 5.23. The van der Waals surface area contributed by atoms with E-state index in [-0.39, 0.29) is 18.3 Å². The molecule has 0 N–H and O–H groups in total. The van der Waals surface area contributed by atoms with Crippen LogP contribution in [0.3, 0.4) is 0 Å². The number of halogens is 3. The number of hydrogen-bond donors (Lipinski definition) is 0. The fraction of sp³-hybridized carbons (Fsp3) is 1.00. The summed E-state index contributed by atoms with van der Waals surface area (Å²) >= 11 is 18.0. The Kier molecular flexibility index (Phi) is 9.10. The summed E-state index contributed by atoms with van der Waals surface area (Å²) in [5.74, 6) is -0.729. The second kappa shape index (κ2) is 8.51. The van der Waals surface area contributed by atoms with E-state index in [2.05, 4.69) is 0 Å². The highest BCUT2D eigenvalue weighted by Crippen LogP contribution is 2.68. The zero-order chi connectivity index (χ0) is 14.5. The van der Waals surface area contributed by atoms with Crippen LogP contribution in [0.4, 0.5) is 0 Å². The van der Waals surface area contributed by atoms with Crippen molar-refractivity contribution in [2.24, 2.45) is 0 Å². The molecule has 0 aromatic heterocycles. The molecule has 0 aliphatic carbocycles. The van der Waals surface area contributed by atoms with Crippen LogP contribution < -0.4 is 0 Å². The molecular weight excluding hydrogens is 316 g/mol. The Morgan fingerprint density at radius 3 is 1.22 bits per heavy atom. The van der Waals surface area contributed by atoms with Crippen molar-refractivity contribution in [1.82, 2.24) is 0 Å². The molecule has 0 fully saturated rings. The maximum atomic E-state index is 6.28. The van der Waals surface area contributed by atoms with Gasteiger partial charge in [-0.05, 0) is 41.5 Å². The molecule has 0 aromatic carbocycles. The lowest BCUT2D eigenvalue weighted by Crippen LogP contribution is -2.31. The van der Waals surface area contributed by atoms with E-state index < -0.39 is 18.4 Å². The summed E-state index contributed by atoms with van der Waals surface area (Å²) in [6.07, 6.45) is -0.280. The van der Waals surface area contributed by atoms with Crippen molar-refractivity contribution in [2.75, 3.05) is 0 Å². The van der Waals surface area contributed by atoms with Crippen LogP contribution in [0.15, 0.2) is 0 Å². The Labute approximate surface area is 126 Å². The van der Waals surface area contributed by atoms with Gasteiger partial charge in [-0.25, -0.2) is 13.6 Å². The van der Waals surface area contributed by atoms with E-state index in [1.807, 2.05) is 41.5 Å². The van der Waals surface area contributed by atoms with Crippen LogP contribution in [0.1, 0.15) is 41.5 Å². The van der Waals surface area contributed by atoms with Gasteiger partial charge in [0.05, 0.1) is 18.3 Å². The van der Waals surface area contributed by atoms with E-state index in [1.54, 1.807) is 0 Å². The summed E-state index contributed by atoms with van der Waals surface area (Å²) in [5, 5.41) is 0. The predicted octanol–water partition coefficient (Wildman–Crippen LogP) is 5.09. The molecule has 0 spiro atoms. The van der Waals surface area contributed by atoms with Gasteiger partial charge in [0, 0.05) is 4.74 Å². The van der Waals surface area contributed by atoms with E-state index >= 15 is 0 Å². The van der Waals surface area contributed by atoms with E-state index in [0.717, 1.165) is 0 Å². The minimum absolute atomic E-state index is 0.0934. The minimum Gasteiger partial charge on any atom is -0.357 e. The van der Waals surface area contributed by atoms with Crippen LogP contribution in [0.25, 0.3) is 0 Å². The van der Waals surface area contributed by atoms with Crippen molar-refractivity contribution >= 4 is 48.3 Å². The Bertz CT molecular complexity index is 216. The minimum atomic E-state index is -2.81. The molecule has 0 bridgehead atoms. The molecule has 1 radical (unpaired) electrons. The van der Waals surface area contributed by atoms with Gasteiger partial charge in [0.25, 0.3) is 0 Å². The van der Waals surface area contributed by atoms with Gasteiger partial charge in [0.1, 0.15) is 0 Å². The molecule has 0 heterocycles. The largest absolute Gasteiger partial charge is 0.357 e. The highest BCUT2D eigenvalue weighted by molar-refractivity contribution is 8.01. The lowest BCUT2D eigenvalue weighted by atomic mass is 10.2. The summed E-state index contributed by atoms with van der Waals surface area (Å²) in [6, 6.07) is 0. The highest BCUT2D eigenvalue weighted by Gasteiger charge is 2.49. The normalized spacial score (nSPS) is 13.7. The van der Waals surface area contributed by atoms with Crippen LogP contribution in [-0.4, -0.2) is 28.9 Å². The summed E-state index contributed by atoms with van der Waals surface area (Å²) in [5.41, 5.74) is 0. The smallest absolute Gasteiger partial charge is 0.306 e. The van der Waals surface area contributed by atoms with Gasteiger partial charge in [0.2, 0.25) is 7.82 Å². The van der Waals surface area contributed by atoms with Crippen molar-refractivity contribution in [3.8, 4) is 0 Å². The molecule has 0 saturated heterocycles. The quantitative estimate of drug-likeness (QED) is 0.350. The molecule has 0 aliphatic heterocycles. The second-order valence-corrected chi connectivity index (χ2v) is 8.92. The lowest BCUT2D eigenvalue weighted by Gasteiger charge is -2.38. The number of alkyl halides is 2. The van der Waals surface area contributed by atoms with Crippen molar-refractivity contribution in [3.63, 3.8) is 0 Å². The molecule has 18 heavy (non-hydrogen) atoms. The molecule has 0 amide bonds. The first-order chi connectivity index (χ1) is 8.10. The van der Waals surface area contributed by atoms with Crippen LogP contribution in [0.5, 0.6) is 0 Å². The Hall–Kier alpha value is 1.24. The summed E-state index contributed by atoms with van der Waals surface area (Å²) in [6.45, 7) is 11.4. The maximum Gasteiger partial charge on any atom is 0.306 e. The van der Waals surface area contributed by atoms with Gasteiger partial charge in [-0.3, -0.25) is 0 Å². The fourth-order valence-corrected chi connectivity index (χ4v) is 5.05. The van der Waals surface area contributed by atoms with Crippen LogP contribution >= 0.6 is 42.5 Å². The Morgan fingerprint density at radius 1 is 0.778 bits per heavy atom. The van der Waals surface area contributed by atoms with Crippen molar-refractivity contribution in [2.45, 2.75) is 64.6 Å². The van der Waals surface area contributed by atoms with E-state index in [4.69, 9.17) is 48.2 Å². The van der Waals surface area contributed by atoms with E-state index in [9.17, 15) is 0 Å². The molecule has 0 unspecified atom stereocenters. The van der Waals surface area contributed by atoms with Gasteiger partial charge in [-0.1, -0.05) is 0 Å². The summed E-state index contributed by atoms with van der Waals surface area (Å²) in [7, 11) is -2.81. The molecule has 0 rings (SSSR count). The third kappa shape index (κ3) is 6.61. The monoisotopic (exact) mass is 337 g/mol. The van der Waals surface area contributed by atoms with Crippen LogP contribution in [0.2, 0.25) is 0 Å². The average molecular weight is 338 g/mol. The molecule has 0 aromatic rings. The third-order valence-electron chi connectivity index (χ3n) is 1.58. The first-order valence-electron chi connectivity index (χ1n) is 5.97. The van der Waals surface area contributed by atoms with Gasteiger partial charge in [0.15, 0.2) is 0 Å². The average Bonchev–Trinajstić information content (AvgIpc) is 2.12. The van der Waals surface area contributed by atoms with Crippen LogP contribution in [-0.2, 0) is 13.6 Å². The molecule has 0 aliphatic rings. The lowest BCUT2D eigenvalue weighted by molar-refractivity contribution is 0.0857. The van der Waals surface area contributed by atoms with E-state index in [0.29, 0.717) is 0 Å². The first-order valence-corrected chi connectivity index (χ1v) is 8.89. The van der Waals surface area contributed by atoms with Crippen LogP contribution in [0, 0.1) is 0 Å². The van der Waals surface area contributed by atoms with Gasteiger partial charge >= 0.3 is 5.85 Å².